The van der Waals surface area contributed by atoms with Gasteiger partial charge in [-0.2, -0.15) is 0 Å². The van der Waals surface area contributed by atoms with Gasteiger partial charge >= 0.3 is 0 Å². The van der Waals surface area contributed by atoms with Gasteiger partial charge < -0.3 is 10.6 Å². The van der Waals surface area contributed by atoms with Crippen molar-refractivity contribution in [1.29, 1.82) is 0 Å². The molecule has 0 radical (unpaired) electrons. The Labute approximate surface area is 111 Å². The Morgan fingerprint density at radius 1 is 1.32 bits per heavy atom. The van der Waals surface area contributed by atoms with Crippen LogP contribution in [0, 0.1) is 11.6 Å². The molecular weight excluding hydrogens is 248 g/mol. The maximum atomic E-state index is 13.6. The summed E-state index contributed by atoms with van der Waals surface area (Å²) in [6, 6.07) is 4.36. The zero-order valence-electron chi connectivity index (χ0n) is 10.8. The normalized spacial score (nSPS) is 26.4. The van der Waals surface area contributed by atoms with Gasteiger partial charge in [-0.3, -0.25) is 0 Å². The van der Waals surface area contributed by atoms with E-state index >= 15 is 0 Å². The first-order chi connectivity index (χ1) is 9.08. The summed E-state index contributed by atoms with van der Waals surface area (Å²) >= 11 is 0. The third-order valence-corrected chi connectivity index (χ3v) is 3.88. The second-order valence-corrected chi connectivity index (χ2v) is 5.37. The first-order valence-corrected chi connectivity index (χ1v) is 6.58. The van der Waals surface area contributed by atoms with E-state index in [4.69, 9.17) is 5.73 Å². The van der Waals surface area contributed by atoms with Gasteiger partial charge in [0, 0.05) is 24.6 Å². The third kappa shape index (κ3) is 2.41. The maximum absolute atomic E-state index is 13.6. The molecule has 3 nitrogen and oxygen atoms in total. The topological polar surface area (TPSA) is 41.6 Å². The zero-order valence-corrected chi connectivity index (χ0v) is 10.8. The quantitative estimate of drug-likeness (QED) is 0.672. The lowest BCUT2D eigenvalue weighted by Gasteiger charge is -2.16. The number of halogens is 2. The van der Waals surface area contributed by atoms with Gasteiger partial charge in [0.25, 0.3) is 0 Å². The van der Waals surface area contributed by atoms with Crippen LogP contribution < -0.4 is 5.73 Å². The van der Waals surface area contributed by atoms with Crippen LogP contribution in [0.4, 0.5) is 8.78 Å². The number of hydrogen-bond donors (Lipinski definition) is 1. The Bertz CT molecular complexity index is 505. The highest BCUT2D eigenvalue weighted by Crippen LogP contribution is 2.45. The predicted molar refractivity (Wildman–Crippen MR) is 69.9 cm³/mol. The molecule has 19 heavy (non-hydrogen) atoms. The predicted octanol–water partition coefficient (Wildman–Crippen LogP) is 2.23. The van der Waals surface area contributed by atoms with Crippen molar-refractivity contribution >= 4 is 5.96 Å². The van der Waals surface area contributed by atoms with E-state index in [2.05, 4.69) is 4.99 Å². The summed E-state index contributed by atoms with van der Waals surface area (Å²) in [7, 11) is 1.91. The van der Waals surface area contributed by atoms with Crippen LogP contribution in [0.2, 0.25) is 0 Å². The molecule has 0 aromatic heterocycles. The van der Waals surface area contributed by atoms with Crippen molar-refractivity contribution in [3.8, 4) is 0 Å². The monoisotopic (exact) mass is 265 g/mol. The maximum Gasteiger partial charge on any atom is 0.191 e. The summed E-state index contributed by atoms with van der Waals surface area (Å²) < 4.78 is 27.2. The van der Waals surface area contributed by atoms with Gasteiger partial charge in [-0.05, 0) is 31.4 Å². The fourth-order valence-electron chi connectivity index (χ4n) is 2.41. The van der Waals surface area contributed by atoms with Crippen molar-refractivity contribution in [3.05, 3.63) is 35.4 Å². The largest absolute Gasteiger partial charge is 0.370 e. The van der Waals surface area contributed by atoms with Crippen molar-refractivity contribution in [2.75, 3.05) is 7.05 Å². The molecular formula is C14H17F2N3. The van der Waals surface area contributed by atoms with Crippen LogP contribution in [0.15, 0.2) is 23.2 Å². The third-order valence-electron chi connectivity index (χ3n) is 3.88. The molecule has 3 rings (SSSR count). The van der Waals surface area contributed by atoms with E-state index in [1.807, 2.05) is 11.9 Å². The number of nitrogens with two attached hydrogens (primary N) is 1. The number of rotatable bonds is 3. The fourth-order valence-corrected chi connectivity index (χ4v) is 2.41. The fraction of sp³-hybridized carbons (Fsp3) is 0.500. The minimum atomic E-state index is -0.489. The summed E-state index contributed by atoms with van der Waals surface area (Å²) in [5.74, 6) is -0.673. The molecule has 0 unspecified atom stereocenters. The summed E-state index contributed by atoms with van der Waals surface area (Å²) in [5, 5.41) is 0. The van der Waals surface area contributed by atoms with Crippen LogP contribution in [0.5, 0.6) is 0 Å². The van der Waals surface area contributed by atoms with Crippen molar-refractivity contribution in [2.24, 2.45) is 10.7 Å². The Morgan fingerprint density at radius 2 is 1.95 bits per heavy atom. The number of aliphatic imine (C=N–C) groups is 1. The van der Waals surface area contributed by atoms with E-state index in [0.717, 1.165) is 12.8 Å². The van der Waals surface area contributed by atoms with Crippen LogP contribution in [0.25, 0.3) is 0 Å². The zero-order chi connectivity index (χ0) is 13.6. The van der Waals surface area contributed by atoms with E-state index in [9.17, 15) is 8.78 Å². The minimum absolute atomic E-state index is 0.0902. The first kappa shape index (κ1) is 12.4. The Morgan fingerprint density at radius 3 is 2.53 bits per heavy atom. The molecule has 2 fully saturated rings. The number of nitrogens with zero attached hydrogens (tertiary/aromatic N) is 2. The first-order valence-electron chi connectivity index (χ1n) is 6.58. The number of hydrogen-bond acceptors (Lipinski definition) is 1. The van der Waals surface area contributed by atoms with Crippen LogP contribution in [-0.4, -0.2) is 30.0 Å². The van der Waals surface area contributed by atoms with E-state index in [1.54, 1.807) is 0 Å². The second kappa shape index (κ2) is 4.47. The van der Waals surface area contributed by atoms with Gasteiger partial charge in [0.05, 0.1) is 6.04 Å². The molecule has 2 atom stereocenters. The van der Waals surface area contributed by atoms with Gasteiger partial charge in [-0.15, -0.1) is 0 Å². The standard InChI is InChI=1S/C14H17F2N3/c1-19(8-5-6-8)14(17)18-12-7-9(12)13-10(15)3-2-4-11(13)16/h2-4,8-9,12H,5-7H2,1H3,(H2,17,18)/t9-,12-/m1/s1. The van der Waals surface area contributed by atoms with Crippen LogP contribution in [0.1, 0.15) is 30.7 Å². The average Bonchev–Trinajstić information content (AvgIpc) is 3.22. The highest BCUT2D eigenvalue weighted by atomic mass is 19.1. The number of guanidine groups is 1. The van der Waals surface area contributed by atoms with Gasteiger partial charge in [-0.25, -0.2) is 13.8 Å². The molecule has 102 valence electrons. The summed E-state index contributed by atoms with van der Waals surface area (Å²) in [4.78, 5) is 6.33. The summed E-state index contributed by atoms with van der Waals surface area (Å²) in [6.07, 6.45) is 2.95. The van der Waals surface area contributed by atoms with Crippen molar-refractivity contribution < 1.29 is 8.78 Å². The lowest BCUT2D eigenvalue weighted by atomic mass is 10.1. The molecule has 0 spiro atoms. The molecule has 1 aromatic rings. The Hall–Kier alpha value is -1.65. The molecule has 5 heteroatoms. The highest BCUT2D eigenvalue weighted by molar-refractivity contribution is 5.79. The summed E-state index contributed by atoms with van der Waals surface area (Å²) in [6.45, 7) is 0. The molecule has 2 aliphatic carbocycles. The molecule has 1 aromatic carbocycles. The van der Waals surface area contributed by atoms with E-state index < -0.39 is 11.6 Å². The molecule has 2 N–H and O–H groups in total. The van der Waals surface area contributed by atoms with Crippen LogP contribution in [0.3, 0.4) is 0 Å². The van der Waals surface area contributed by atoms with E-state index in [1.165, 1.54) is 18.2 Å². The molecule has 0 aliphatic heterocycles. The molecule has 2 aliphatic rings. The van der Waals surface area contributed by atoms with Crippen molar-refractivity contribution in [2.45, 2.75) is 37.3 Å². The second-order valence-electron chi connectivity index (χ2n) is 5.37. The van der Waals surface area contributed by atoms with Crippen molar-refractivity contribution in [3.63, 3.8) is 0 Å². The highest BCUT2D eigenvalue weighted by Gasteiger charge is 2.42. The Kier molecular flexibility index (Phi) is 2.92. The van der Waals surface area contributed by atoms with Crippen molar-refractivity contribution in [1.82, 2.24) is 4.90 Å². The van der Waals surface area contributed by atoms with E-state index in [-0.39, 0.29) is 17.5 Å². The average molecular weight is 265 g/mol. The van der Waals surface area contributed by atoms with Gasteiger partial charge in [0.2, 0.25) is 0 Å². The molecule has 2 saturated carbocycles. The van der Waals surface area contributed by atoms with Crippen LogP contribution in [-0.2, 0) is 0 Å². The Balaban J connectivity index is 1.72. The smallest absolute Gasteiger partial charge is 0.191 e. The summed E-state index contributed by atoms with van der Waals surface area (Å²) in [5.41, 5.74) is 6.05. The molecule has 0 saturated heterocycles. The lowest BCUT2D eigenvalue weighted by Crippen LogP contribution is -2.36. The molecule has 0 bridgehead atoms. The molecule has 0 heterocycles. The van der Waals surface area contributed by atoms with E-state index in [0.29, 0.717) is 18.4 Å². The van der Waals surface area contributed by atoms with Gasteiger partial charge in [-0.1, -0.05) is 6.07 Å². The van der Waals surface area contributed by atoms with Gasteiger partial charge in [0.1, 0.15) is 11.6 Å². The molecule has 0 amide bonds. The van der Waals surface area contributed by atoms with Crippen LogP contribution >= 0.6 is 0 Å². The lowest BCUT2D eigenvalue weighted by molar-refractivity contribution is 0.486. The minimum Gasteiger partial charge on any atom is -0.370 e. The number of benzene rings is 1. The SMILES string of the molecule is CN(C(N)=N[C@@H]1C[C@H]1c1c(F)cccc1F)C1CC1. The van der Waals surface area contributed by atoms with Gasteiger partial charge in [0.15, 0.2) is 5.96 Å².